The van der Waals surface area contributed by atoms with Crippen LogP contribution in [0.4, 0.5) is 11.8 Å². The summed E-state index contributed by atoms with van der Waals surface area (Å²) in [5, 5.41) is 12.6. The van der Waals surface area contributed by atoms with E-state index in [-0.39, 0.29) is 11.4 Å². The lowest BCUT2D eigenvalue weighted by Crippen LogP contribution is -2.26. The van der Waals surface area contributed by atoms with Gasteiger partial charge in [-0.05, 0) is 43.0 Å². The lowest BCUT2D eigenvalue weighted by Gasteiger charge is -2.23. The number of rotatable bonds is 11. The molecule has 0 aliphatic rings. The van der Waals surface area contributed by atoms with Gasteiger partial charge in [-0.25, -0.2) is 15.0 Å². The van der Waals surface area contributed by atoms with Gasteiger partial charge in [-0.1, -0.05) is 13.0 Å². The molecular weight excluding hydrogens is 380 g/mol. The van der Waals surface area contributed by atoms with Crippen molar-refractivity contribution in [3.63, 3.8) is 0 Å². The average molecular weight is 409 g/mol. The third-order valence-electron chi connectivity index (χ3n) is 4.69. The summed E-state index contributed by atoms with van der Waals surface area (Å²) in [5.41, 5.74) is 1.16. The second-order valence-corrected chi connectivity index (χ2v) is 7.09. The Morgan fingerprint density at radius 3 is 2.73 bits per heavy atom. The fraction of sp³-hybridized carbons (Fsp3) is 0.364. The summed E-state index contributed by atoms with van der Waals surface area (Å²) in [6.07, 6.45) is 8.33. The number of anilines is 2. The molecule has 0 spiro atoms. The largest absolute Gasteiger partial charge is 0.493 e. The summed E-state index contributed by atoms with van der Waals surface area (Å²) in [5.74, 6) is 1.42. The normalized spacial score (nSPS) is 10.7. The van der Waals surface area contributed by atoms with Crippen molar-refractivity contribution in [1.82, 2.24) is 19.9 Å². The van der Waals surface area contributed by atoms with E-state index >= 15 is 0 Å². The molecule has 3 N–H and O–H groups in total. The Labute approximate surface area is 176 Å². The van der Waals surface area contributed by atoms with E-state index in [1.807, 2.05) is 24.4 Å². The Morgan fingerprint density at radius 2 is 2.00 bits per heavy atom. The van der Waals surface area contributed by atoms with Crippen molar-refractivity contribution in [2.24, 2.45) is 0 Å². The Morgan fingerprint density at radius 1 is 1.10 bits per heavy atom. The van der Waals surface area contributed by atoms with Crippen molar-refractivity contribution in [1.29, 1.82) is 0 Å². The number of pyridine rings is 2. The van der Waals surface area contributed by atoms with E-state index in [1.54, 1.807) is 18.3 Å². The van der Waals surface area contributed by atoms with Crippen LogP contribution in [-0.2, 0) is 6.42 Å². The lowest BCUT2D eigenvalue weighted by molar-refractivity contribution is 0.453. The Balaban J connectivity index is 1.45. The number of unbranched alkanes of at least 4 members (excludes halogenated alkanes) is 1. The molecule has 3 rings (SSSR count). The third-order valence-corrected chi connectivity index (χ3v) is 4.69. The Hall–Kier alpha value is -3.42. The number of nitrogens with one attached hydrogen (secondary N) is 2. The van der Waals surface area contributed by atoms with Gasteiger partial charge in [0.2, 0.25) is 11.8 Å². The van der Waals surface area contributed by atoms with Crippen molar-refractivity contribution in [3.8, 4) is 5.88 Å². The van der Waals surface area contributed by atoms with Gasteiger partial charge in [0.1, 0.15) is 5.82 Å². The van der Waals surface area contributed by atoms with Crippen LogP contribution >= 0.6 is 0 Å². The van der Waals surface area contributed by atoms with Crippen molar-refractivity contribution in [3.05, 3.63) is 70.4 Å². The van der Waals surface area contributed by atoms with Gasteiger partial charge in [0, 0.05) is 56.3 Å². The quantitative estimate of drug-likeness (QED) is 0.419. The minimum atomic E-state index is -0.187. The van der Waals surface area contributed by atoms with Crippen LogP contribution in [0.15, 0.2) is 53.7 Å². The van der Waals surface area contributed by atoms with Crippen LogP contribution in [0.5, 0.6) is 5.88 Å². The first kappa shape index (κ1) is 21.3. The average Bonchev–Trinajstić information content (AvgIpc) is 2.75. The molecule has 8 nitrogen and oxygen atoms in total. The molecule has 0 saturated carbocycles. The SMILES string of the molecule is CCCN(CCCCNc1ncc(Cc2ccnc(O)c2)c(=O)[nH]1)c1ccccn1. The highest BCUT2D eigenvalue weighted by Crippen LogP contribution is 2.12. The Bertz CT molecular complexity index is 977. The van der Waals surface area contributed by atoms with E-state index in [2.05, 4.69) is 37.1 Å². The number of aromatic hydroxyl groups is 1. The van der Waals surface area contributed by atoms with E-state index in [9.17, 15) is 9.90 Å². The van der Waals surface area contributed by atoms with Crippen LogP contribution < -0.4 is 15.8 Å². The van der Waals surface area contributed by atoms with Crippen LogP contribution in [0.2, 0.25) is 0 Å². The fourth-order valence-corrected chi connectivity index (χ4v) is 3.21. The molecule has 3 heterocycles. The maximum atomic E-state index is 12.3. The zero-order valence-electron chi connectivity index (χ0n) is 17.2. The molecule has 0 fully saturated rings. The summed E-state index contributed by atoms with van der Waals surface area (Å²) in [7, 11) is 0. The maximum absolute atomic E-state index is 12.3. The van der Waals surface area contributed by atoms with E-state index in [1.165, 1.54) is 6.20 Å². The molecule has 0 bridgehead atoms. The van der Waals surface area contributed by atoms with Gasteiger partial charge in [0.25, 0.3) is 5.56 Å². The first-order valence-corrected chi connectivity index (χ1v) is 10.3. The standard InChI is InChI=1S/C22H28N6O2/c1-2-12-28(19-7-3-4-9-23-19)13-6-5-10-25-22-26-16-18(21(30)27-22)14-17-8-11-24-20(29)15-17/h3-4,7-9,11,15-16H,2,5-6,10,12-14H2,1H3,(H,24,29)(H2,25,26,27,30). The molecule has 0 unspecified atom stereocenters. The predicted octanol–water partition coefficient (Wildman–Crippen LogP) is 2.97. The molecule has 0 atom stereocenters. The van der Waals surface area contributed by atoms with Crippen LogP contribution in [0.25, 0.3) is 0 Å². The highest BCUT2D eigenvalue weighted by molar-refractivity contribution is 5.37. The van der Waals surface area contributed by atoms with Gasteiger partial charge < -0.3 is 15.3 Å². The monoisotopic (exact) mass is 408 g/mol. The molecule has 0 saturated heterocycles. The molecule has 3 aromatic rings. The summed E-state index contributed by atoms with van der Waals surface area (Å²) < 4.78 is 0. The number of aromatic amines is 1. The molecule has 0 aliphatic heterocycles. The molecule has 0 radical (unpaired) electrons. The number of nitrogens with zero attached hydrogens (tertiary/aromatic N) is 4. The number of hydrogen-bond donors (Lipinski definition) is 3. The smallest absolute Gasteiger partial charge is 0.255 e. The highest BCUT2D eigenvalue weighted by Gasteiger charge is 2.07. The molecule has 8 heteroatoms. The van der Waals surface area contributed by atoms with Crippen LogP contribution in [0, 0.1) is 0 Å². The van der Waals surface area contributed by atoms with E-state index in [0.717, 1.165) is 50.3 Å². The highest BCUT2D eigenvalue weighted by atomic mass is 16.3. The predicted molar refractivity (Wildman–Crippen MR) is 118 cm³/mol. The van der Waals surface area contributed by atoms with Gasteiger partial charge in [0.15, 0.2) is 0 Å². The second-order valence-electron chi connectivity index (χ2n) is 7.09. The topological polar surface area (TPSA) is 107 Å². The minimum absolute atomic E-state index is 0.0595. The van der Waals surface area contributed by atoms with Crippen molar-refractivity contribution >= 4 is 11.8 Å². The van der Waals surface area contributed by atoms with Gasteiger partial charge >= 0.3 is 0 Å². The van der Waals surface area contributed by atoms with Crippen molar-refractivity contribution in [2.45, 2.75) is 32.6 Å². The third kappa shape index (κ3) is 6.30. The van der Waals surface area contributed by atoms with Crippen LogP contribution in [-0.4, -0.2) is 44.7 Å². The second kappa shape index (κ2) is 10.9. The Kier molecular flexibility index (Phi) is 7.77. The lowest BCUT2D eigenvalue weighted by atomic mass is 10.1. The van der Waals surface area contributed by atoms with Crippen LogP contribution in [0.1, 0.15) is 37.3 Å². The van der Waals surface area contributed by atoms with Gasteiger partial charge in [-0.2, -0.15) is 0 Å². The zero-order chi connectivity index (χ0) is 21.2. The molecule has 0 aromatic carbocycles. The fourth-order valence-electron chi connectivity index (χ4n) is 3.21. The van der Waals surface area contributed by atoms with E-state index in [4.69, 9.17) is 0 Å². The molecular formula is C22H28N6O2. The van der Waals surface area contributed by atoms with Crippen molar-refractivity contribution in [2.75, 3.05) is 29.9 Å². The first-order valence-electron chi connectivity index (χ1n) is 10.3. The van der Waals surface area contributed by atoms with Gasteiger partial charge in [-0.3, -0.25) is 9.78 Å². The van der Waals surface area contributed by atoms with Crippen molar-refractivity contribution < 1.29 is 5.11 Å². The van der Waals surface area contributed by atoms with E-state index < -0.39 is 0 Å². The summed E-state index contributed by atoms with van der Waals surface area (Å²) in [6.45, 7) is 4.81. The molecule has 30 heavy (non-hydrogen) atoms. The maximum Gasteiger partial charge on any atom is 0.255 e. The van der Waals surface area contributed by atoms with Crippen LogP contribution in [0.3, 0.4) is 0 Å². The molecule has 0 aliphatic carbocycles. The number of H-pyrrole nitrogens is 1. The molecule has 3 aromatic heterocycles. The van der Waals surface area contributed by atoms with Gasteiger partial charge in [0.05, 0.1) is 0 Å². The summed E-state index contributed by atoms with van der Waals surface area (Å²) in [4.78, 5) is 29.9. The summed E-state index contributed by atoms with van der Waals surface area (Å²) >= 11 is 0. The molecule has 158 valence electrons. The molecule has 0 amide bonds. The minimum Gasteiger partial charge on any atom is -0.493 e. The first-order chi connectivity index (χ1) is 14.7. The zero-order valence-corrected chi connectivity index (χ0v) is 17.2. The number of hydrogen-bond acceptors (Lipinski definition) is 7. The van der Waals surface area contributed by atoms with E-state index in [0.29, 0.717) is 17.9 Å². The summed E-state index contributed by atoms with van der Waals surface area (Å²) in [6, 6.07) is 9.28. The van der Waals surface area contributed by atoms with Gasteiger partial charge in [-0.15, -0.1) is 0 Å². The number of aromatic nitrogens is 4.